The molecule has 2 aliphatic rings. The van der Waals surface area contributed by atoms with Crippen LogP contribution >= 0.6 is 11.6 Å². The first kappa shape index (κ1) is 19.1. The fourth-order valence-corrected chi connectivity index (χ4v) is 3.73. The van der Waals surface area contributed by atoms with Crippen LogP contribution in [-0.4, -0.2) is 85.0 Å². The van der Waals surface area contributed by atoms with E-state index < -0.39 is 0 Å². The molecule has 0 aliphatic carbocycles. The Morgan fingerprint density at radius 3 is 2.54 bits per heavy atom. The van der Waals surface area contributed by atoms with Crippen LogP contribution in [0.1, 0.15) is 23.7 Å². The Hall–Kier alpha value is -1.63. The molecule has 1 atom stereocenters. The minimum atomic E-state index is -0.172. The monoisotopic (exact) mass is 379 g/mol. The highest BCUT2D eigenvalue weighted by atomic mass is 35.5. The Labute approximate surface area is 159 Å². The van der Waals surface area contributed by atoms with Gasteiger partial charge in [-0.05, 0) is 31.5 Å². The third kappa shape index (κ3) is 4.55. The molecule has 2 heterocycles. The minimum Gasteiger partial charge on any atom is -0.378 e. The van der Waals surface area contributed by atoms with E-state index in [-0.39, 0.29) is 17.9 Å². The highest BCUT2D eigenvalue weighted by Crippen LogP contribution is 2.16. The number of halogens is 1. The minimum absolute atomic E-state index is 0.00140. The van der Waals surface area contributed by atoms with Crippen molar-refractivity contribution >= 4 is 23.4 Å². The lowest BCUT2D eigenvalue weighted by Gasteiger charge is -2.33. The molecule has 2 amide bonds. The summed E-state index contributed by atoms with van der Waals surface area (Å²) in [6, 6.07) is 6.89. The van der Waals surface area contributed by atoms with E-state index >= 15 is 0 Å². The first-order chi connectivity index (χ1) is 12.6. The average Bonchev–Trinajstić information content (AvgIpc) is 2.93. The Morgan fingerprint density at radius 1 is 1.04 bits per heavy atom. The van der Waals surface area contributed by atoms with Crippen LogP contribution in [0.25, 0.3) is 0 Å². The second kappa shape index (κ2) is 8.84. The van der Waals surface area contributed by atoms with E-state index in [2.05, 4.69) is 4.90 Å². The molecule has 7 heteroatoms. The van der Waals surface area contributed by atoms with Gasteiger partial charge in [0.05, 0.1) is 19.3 Å². The van der Waals surface area contributed by atoms with Gasteiger partial charge in [0.25, 0.3) is 5.91 Å². The molecule has 3 rings (SSSR count). The lowest BCUT2D eigenvalue weighted by molar-refractivity contribution is -0.140. The molecule has 2 aliphatic heterocycles. The molecule has 1 aromatic carbocycles. The summed E-state index contributed by atoms with van der Waals surface area (Å²) in [5, 5.41) is 0.567. The van der Waals surface area contributed by atoms with E-state index in [4.69, 9.17) is 16.3 Å². The summed E-state index contributed by atoms with van der Waals surface area (Å²) < 4.78 is 5.32. The zero-order valence-electron chi connectivity index (χ0n) is 15.2. The number of ether oxygens (including phenoxy) is 1. The van der Waals surface area contributed by atoms with Crippen molar-refractivity contribution in [2.45, 2.75) is 19.4 Å². The predicted molar refractivity (Wildman–Crippen MR) is 100 cm³/mol. The van der Waals surface area contributed by atoms with E-state index in [0.29, 0.717) is 56.5 Å². The van der Waals surface area contributed by atoms with E-state index in [1.165, 1.54) is 0 Å². The predicted octanol–water partition coefficient (Wildman–Crippen LogP) is 1.74. The summed E-state index contributed by atoms with van der Waals surface area (Å²) in [6.07, 6.45) is 0.854. The number of carbonyl (C=O) groups excluding carboxylic acids is 2. The molecule has 142 valence electrons. The summed E-state index contributed by atoms with van der Waals surface area (Å²) >= 11 is 6.00. The molecule has 0 N–H and O–H groups in total. The van der Waals surface area contributed by atoms with Crippen LogP contribution in [0.15, 0.2) is 24.3 Å². The molecule has 6 nitrogen and oxygen atoms in total. The third-order valence-corrected chi connectivity index (χ3v) is 5.35. The molecular weight excluding hydrogens is 354 g/mol. The zero-order valence-corrected chi connectivity index (χ0v) is 16.0. The van der Waals surface area contributed by atoms with Gasteiger partial charge in [0.2, 0.25) is 5.91 Å². The molecule has 26 heavy (non-hydrogen) atoms. The number of nitrogens with zero attached hydrogens (tertiary/aromatic N) is 3. The maximum atomic E-state index is 12.7. The Bertz CT molecular complexity index is 649. The number of carbonyl (C=O) groups is 2. The molecule has 2 saturated heterocycles. The Kier molecular flexibility index (Phi) is 6.51. The molecule has 1 unspecified atom stereocenters. The van der Waals surface area contributed by atoms with Crippen LogP contribution in [0.2, 0.25) is 5.02 Å². The summed E-state index contributed by atoms with van der Waals surface area (Å²) in [5.74, 6) is 0.157. The first-order valence-corrected chi connectivity index (χ1v) is 9.59. The van der Waals surface area contributed by atoms with Gasteiger partial charge in [-0.3, -0.25) is 14.5 Å². The van der Waals surface area contributed by atoms with Gasteiger partial charge in [0.1, 0.15) is 0 Å². The van der Waals surface area contributed by atoms with Crippen LogP contribution < -0.4 is 0 Å². The van der Waals surface area contributed by atoms with Gasteiger partial charge >= 0.3 is 0 Å². The maximum absolute atomic E-state index is 12.7. The highest BCUT2D eigenvalue weighted by molar-refractivity contribution is 6.30. The zero-order chi connectivity index (χ0) is 18.5. The molecule has 0 spiro atoms. The number of morpholine rings is 1. The third-order valence-electron chi connectivity index (χ3n) is 5.12. The van der Waals surface area contributed by atoms with Crippen LogP contribution in [0.3, 0.4) is 0 Å². The highest BCUT2D eigenvalue weighted by Gasteiger charge is 2.29. The van der Waals surface area contributed by atoms with Crippen LogP contribution in [-0.2, 0) is 9.53 Å². The SMILES string of the molecule is CC(C(=O)N1CCOCC1)N1CCCN(C(=O)c2cccc(Cl)c2)CC1. The number of amides is 2. The van der Waals surface area contributed by atoms with Gasteiger partial charge < -0.3 is 14.5 Å². The summed E-state index contributed by atoms with van der Waals surface area (Å²) in [5.41, 5.74) is 0.614. The molecule has 0 saturated carbocycles. The summed E-state index contributed by atoms with van der Waals surface area (Å²) in [7, 11) is 0. The average molecular weight is 380 g/mol. The van der Waals surface area contributed by atoms with E-state index in [1.807, 2.05) is 16.7 Å². The number of hydrogen-bond acceptors (Lipinski definition) is 4. The van der Waals surface area contributed by atoms with Gasteiger partial charge in [0, 0.05) is 49.9 Å². The normalized spacial score (nSPS) is 20.5. The molecule has 0 radical (unpaired) electrons. The van der Waals surface area contributed by atoms with Crippen LogP contribution in [0.5, 0.6) is 0 Å². The first-order valence-electron chi connectivity index (χ1n) is 9.21. The fraction of sp³-hybridized carbons (Fsp3) is 0.579. The second-order valence-corrected chi connectivity index (χ2v) is 7.24. The molecule has 0 aromatic heterocycles. The smallest absolute Gasteiger partial charge is 0.253 e. The van der Waals surface area contributed by atoms with Crippen molar-refractivity contribution in [3.05, 3.63) is 34.9 Å². The lowest BCUT2D eigenvalue weighted by Crippen LogP contribution is -2.51. The van der Waals surface area contributed by atoms with Crippen molar-refractivity contribution in [3.63, 3.8) is 0 Å². The molecular formula is C19H26ClN3O3. The van der Waals surface area contributed by atoms with Crippen molar-refractivity contribution in [3.8, 4) is 0 Å². The number of benzene rings is 1. The quantitative estimate of drug-likeness (QED) is 0.802. The summed E-state index contributed by atoms with van der Waals surface area (Å²) in [4.78, 5) is 31.4. The van der Waals surface area contributed by atoms with Gasteiger partial charge in [-0.15, -0.1) is 0 Å². The van der Waals surface area contributed by atoms with Crippen molar-refractivity contribution in [1.82, 2.24) is 14.7 Å². The van der Waals surface area contributed by atoms with Gasteiger partial charge in [-0.25, -0.2) is 0 Å². The van der Waals surface area contributed by atoms with E-state index in [9.17, 15) is 9.59 Å². The lowest BCUT2D eigenvalue weighted by atomic mass is 10.2. The van der Waals surface area contributed by atoms with Crippen LogP contribution in [0.4, 0.5) is 0 Å². The largest absolute Gasteiger partial charge is 0.378 e. The van der Waals surface area contributed by atoms with Gasteiger partial charge in [-0.2, -0.15) is 0 Å². The van der Waals surface area contributed by atoms with E-state index in [0.717, 1.165) is 13.0 Å². The van der Waals surface area contributed by atoms with Crippen molar-refractivity contribution in [1.29, 1.82) is 0 Å². The van der Waals surface area contributed by atoms with E-state index in [1.54, 1.807) is 24.3 Å². The Morgan fingerprint density at radius 2 is 1.81 bits per heavy atom. The van der Waals surface area contributed by atoms with Gasteiger partial charge in [0.15, 0.2) is 0 Å². The molecule has 1 aromatic rings. The van der Waals surface area contributed by atoms with Crippen molar-refractivity contribution in [2.24, 2.45) is 0 Å². The molecule has 2 fully saturated rings. The van der Waals surface area contributed by atoms with Crippen molar-refractivity contribution in [2.75, 3.05) is 52.5 Å². The fourth-order valence-electron chi connectivity index (χ4n) is 3.54. The summed E-state index contributed by atoms with van der Waals surface area (Å²) in [6.45, 7) is 7.34. The van der Waals surface area contributed by atoms with Gasteiger partial charge in [-0.1, -0.05) is 17.7 Å². The molecule has 0 bridgehead atoms. The number of hydrogen-bond donors (Lipinski definition) is 0. The number of rotatable bonds is 3. The van der Waals surface area contributed by atoms with Crippen molar-refractivity contribution < 1.29 is 14.3 Å². The topological polar surface area (TPSA) is 53.1 Å². The second-order valence-electron chi connectivity index (χ2n) is 6.81. The standard InChI is InChI=1S/C19H26ClN3O3/c1-15(18(24)23-10-12-26-13-11-23)21-6-3-7-22(9-8-21)19(25)16-4-2-5-17(20)14-16/h2,4-5,14-15H,3,6-13H2,1H3. The Balaban J connectivity index is 1.59. The maximum Gasteiger partial charge on any atom is 0.253 e. The van der Waals surface area contributed by atoms with Crippen LogP contribution in [0, 0.1) is 0 Å².